The summed E-state index contributed by atoms with van der Waals surface area (Å²) in [5.74, 6) is 0.317. The number of amides is 1. The first-order valence-electron chi connectivity index (χ1n) is 8.25. The second-order valence-electron chi connectivity index (χ2n) is 5.29. The standard InChI is InChI=1S/C19H20F2N2O5/c1-4-27-16-7-5-6-12(17(16)28-19(20)21)11-22-23-18(24)13-8-14(25-2)10-15(9-13)26-3/h5-11,19H,4H2,1-3H3,(H,23,24)/b22-11-. The van der Waals surface area contributed by atoms with Crippen LogP contribution in [0.2, 0.25) is 0 Å². The van der Waals surface area contributed by atoms with Crippen LogP contribution in [0.4, 0.5) is 8.78 Å². The molecule has 0 fully saturated rings. The fourth-order valence-electron chi connectivity index (χ4n) is 2.28. The minimum absolute atomic E-state index is 0.149. The third-order valence-electron chi connectivity index (χ3n) is 3.50. The SMILES string of the molecule is CCOc1cccc(/C=N\NC(=O)c2cc(OC)cc(OC)c2)c1OC(F)F. The predicted octanol–water partition coefficient (Wildman–Crippen LogP) is 3.47. The van der Waals surface area contributed by atoms with Crippen LogP contribution in [0.1, 0.15) is 22.8 Å². The third kappa shape index (κ3) is 5.57. The number of hydrogen-bond acceptors (Lipinski definition) is 6. The molecule has 0 spiro atoms. The number of carbonyl (C=O) groups excluding carboxylic acids is 1. The van der Waals surface area contributed by atoms with Gasteiger partial charge in [0.25, 0.3) is 5.91 Å². The molecule has 0 aliphatic carbocycles. The Kier molecular flexibility index (Phi) is 7.55. The maximum Gasteiger partial charge on any atom is 0.387 e. The summed E-state index contributed by atoms with van der Waals surface area (Å²) < 4.78 is 45.5. The molecule has 0 saturated carbocycles. The van der Waals surface area contributed by atoms with Crippen molar-refractivity contribution >= 4 is 12.1 Å². The molecule has 0 radical (unpaired) electrons. The van der Waals surface area contributed by atoms with Crippen molar-refractivity contribution in [1.29, 1.82) is 0 Å². The number of nitrogens with zero attached hydrogens (tertiary/aromatic N) is 1. The van der Waals surface area contributed by atoms with E-state index in [9.17, 15) is 13.6 Å². The number of methoxy groups -OCH3 is 2. The number of alkyl halides is 2. The molecule has 2 aromatic rings. The molecule has 9 heteroatoms. The van der Waals surface area contributed by atoms with Gasteiger partial charge in [-0.15, -0.1) is 0 Å². The normalized spacial score (nSPS) is 10.8. The van der Waals surface area contributed by atoms with Gasteiger partial charge in [0.1, 0.15) is 11.5 Å². The molecule has 0 bridgehead atoms. The van der Waals surface area contributed by atoms with Gasteiger partial charge in [0.2, 0.25) is 0 Å². The first-order chi connectivity index (χ1) is 13.5. The Morgan fingerprint density at radius 2 is 1.86 bits per heavy atom. The molecule has 2 aromatic carbocycles. The number of ether oxygens (including phenoxy) is 4. The Morgan fingerprint density at radius 1 is 1.18 bits per heavy atom. The number of para-hydroxylation sites is 1. The van der Waals surface area contributed by atoms with Crippen LogP contribution in [0, 0.1) is 0 Å². The van der Waals surface area contributed by atoms with E-state index in [0.717, 1.165) is 0 Å². The first-order valence-corrected chi connectivity index (χ1v) is 8.25. The summed E-state index contributed by atoms with van der Waals surface area (Å²) in [6.07, 6.45) is 1.19. The van der Waals surface area contributed by atoms with E-state index in [2.05, 4.69) is 15.3 Å². The zero-order valence-corrected chi connectivity index (χ0v) is 15.6. The van der Waals surface area contributed by atoms with Gasteiger partial charge in [-0.25, -0.2) is 5.43 Å². The quantitative estimate of drug-likeness (QED) is 0.521. The number of rotatable bonds is 9. The number of carbonyl (C=O) groups is 1. The number of hydrogen-bond donors (Lipinski definition) is 1. The van der Waals surface area contributed by atoms with Crippen LogP contribution in [-0.4, -0.2) is 39.6 Å². The van der Waals surface area contributed by atoms with E-state index in [1.165, 1.54) is 44.7 Å². The highest BCUT2D eigenvalue weighted by atomic mass is 19.3. The number of hydrazone groups is 1. The molecule has 2 rings (SSSR count). The van der Waals surface area contributed by atoms with Gasteiger partial charge in [-0.3, -0.25) is 4.79 Å². The highest BCUT2D eigenvalue weighted by molar-refractivity contribution is 5.96. The summed E-state index contributed by atoms with van der Waals surface area (Å²) in [7, 11) is 2.93. The maximum atomic E-state index is 12.7. The van der Waals surface area contributed by atoms with Crippen molar-refractivity contribution in [3.8, 4) is 23.0 Å². The Morgan fingerprint density at radius 3 is 2.43 bits per heavy atom. The molecule has 28 heavy (non-hydrogen) atoms. The van der Waals surface area contributed by atoms with Crippen molar-refractivity contribution in [1.82, 2.24) is 5.43 Å². The number of nitrogens with one attached hydrogen (secondary N) is 1. The zero-order chi connectivity index (χ0) is 20.5. The lowest BCUT2D eigenvalue weighted by Gasteiger charge is -2.13. The van der Waals surface area contributed by atoms with Crippen molar-refractivity contribution in [2.45, 2.75) is 13.5 Å². The van der Waals surface area contributed by atoms with Crippen LogP contribution in [-0.2, 0) is 0 Å². The van der Waals surface area contributed by atoms with E-state index in [4.69, 9.17) is 14.2 Å². The lowest BCUT2D eigenvalue weighted by Crippen LogP contribution is -2.18. The van der Waals surface area contributed by atoms with Crippen molar-refractivity contribution in [3.63, 3.8) is 0 Å². The first kappa shape index (κ1) is 20.9. The molecule has 0 heterocycles. The molecule has 0 aromatic heterocycles. The van der Waals surface area contributed by atoms with Crippen LogP contribution in [0.15, 0.2) is 41.5 Å². The summed E-state index contributed by atoms with van der Waals surface area (Å²) in [6.45, 7) is -1.04. The van der Waals surface area contributed by atoms with Crippen molar-refractivity contribution < 1.29 is 32.5 Å². The highest BCUT2D eigenvalue weighted by Gasteiger charge is 2.15. The Bertz CT molecular complexity index is 821. The molecule has 1 amide bonds. The smallest absolute Gasteiger partial charge is 0.387 e. The second-order valence-corrected chi connectivity index (χ2v) is 5.29. The number of halogens is 2. The average molecular weight is 394 g/mol. The third-order valence-corrected chi connectivity index (χ3v) is 3.50. The summed E-state index contributed by atoms with van der Waals surface area (Å²) in [5.41, 5.74) is 2.79. The molecule has 1 N–H and O–H groups in total. The van der Waals surface area contributed by atoms with Gasteiger partial charge in [-0.1, -0.05) is 6.07 Å². The second kappa shape index (κ2) is 10.1. The predicted molar refractivity (Wildman–Crippen MR) is 98.8 cm³/mol. The van der Waals surface area contributed by atoms with Gasteiger partial charge < -0.3 is 18.9 Å². The van der Waals surface area contributed by atoms with E-state index in [-0.39, 0.29) is 29.2 Å². The Labute approximate surface area is 160 Å². The summed E-state index contributed by atoms with van der Waals surface area (Å²) in [6, 6.07) is 9.24. The minimum Gasteiger partial charge on any atom is -0.497 e. The van der Waals surface area contributed by atoms with Crippen LogP contribution in [0.25, 0.3) is 0 Å². The lowest BCUT2D eigenvalue weighted by atomic mass is 10.2. The van der Waals surface area contributed by atoms with Crippen LogP contribution < -0.4 is 24.4 Å². The summed E-state index contributed by atoms with van der Waals surface area (Å²) >= 11 is 0. The van der Waals surface area contributed by atoms with Gasteiger partial charge >= 0.3 is 6.61 Å². The van der Waals surface area contributed by atoms with Gasteiger partial charge in [0.15, 0.2) is 11.5 Å². The molecular weight excluding hydrogens is 374 g/mol. The average Bonchev–Trinajstić information content (AvgIpc) is 2.69. The molecule has 0 atom stereocenters. The lowest BCUT2D eigenvalue weighted by molar-refractivity contribution is -0.0515. The van der Waals surface area contributed by atoms with Crippen molar-refractivity contribution in [2.24, 2.45) is 5.10 Å². The maximum absolute atomic E-state index is 12.7. The van der Waals surface area contributed by atoms with Crippen LogP contribution >= 0.6 is 0 Å². The molecule has 7 nitrogen and oxygen atoms in total. The number of benzene rings is 2. The van der Waals surface area contributed by atoms with Gasteiger partial charge in [-0.05, 0) is 31.2 Å². The summed E-state index contributed by atoms with van der Waals surface area (Å²) in [4.78, 5) is 12.3. The molecule has 0 aliphatic rings. The molecular formula is C19H20F2N2O5. The van der Waals surface area contributed by atoms with E-state index in [1.807, 2.05) is 0 Å². The van der Waals surface area contributed by atoms with Gasteiger partial charge in [0, 0.05) is 17.2 Å². The highest BCUT2D eigenvalue weighted by Crippen LogP contribution is 2.31. The molecule has 0 unspecified atom stereocenters. The fraction of sp³-hybridized carbons (Fsp3) is 0.263. The van der Waals surface area contributed by atoms with E-state index in [0.29, 0.717) is 11.5 Å². The Hall–Kier alpha value is -3.36. The zero-order valence-electron chi connectivity index (χ0n) is 15.6. The van der Waals surface area contributed by atoms with E-state index >= 15 is 0 Å². The van der Waals surface area contributed by atoms with Crippen LogP contribution in [0.5, 0.6) is 23.0 Å². The van der Waals surface area contributed by atoms with Crippen LogP contribution in [0.3, 0.4) is 0 Å². The summed E-state index contributed by atoms with van der Waals surface area (Å²) in [5, 5.41) is 3.81. The fourth-order valence-corrected chi connectivity index (χ4v) is 2.28. The Balaban J connectivity index is 2.20. The van der Waals surface area contributed by atoms with Crippen molar-refractivity contribution in [3.05, 3.63) is 47.5 Å². The van der Waals surface area contributed by atoms with E-state index in [1.54, 1.807) is 19.1 Å². The largest absolute Gasteiger partial charge is 0.497 e. The van der Waals surface area contributed by atoms with Gasteiger partial charge in [0.05, 0.1) is 27.0 Å². The van der Waals surface area contributed by atoms with E-state index < -0.39 is 12.5 Å². The van der Waals surface area contributed by atoms with Crippen molar-refractivity contribution in [2.75, 3.05) is 20.8 Å². The monoisotopic (exact) mass is 394 g/mol. The minimum atomic E-state index is -3.03. The molecule has 150 valence electrons. The molecule has 0 aliphatic heterocycles. The van der Waals surface area contributed by atoms with Gasteiger partial charge in [-0.2, -0.15) is 13.9 Å². The molecule has 0 saturated heterocycles. The topological polar surface area (TPSA) is 78.4 Å².